The highest BCUT2D eigenvalue weighted by atomic mass is 32.2. The third-order valence-electron chi connectivity index (χ3n) is 2.25. The van der Waals surface area contributed by atoms with Gasteiger partial charge in [0.25, 0.3) is 0 Å². The lowest BCUT2D eigenvalue weighted by molar-refractivity contribution is 0.592. The van der Waals surface area contributed by atoms with Crippen molar-refractivity contribution >= 4 is 11.8 Å². The zero-order valence-corrected chi connectivity index (χ0v) is 10.8. The summed E-state index contributed by atoms with van der Waals surface area (Å²) in [5, 5.41) is 3.31. The number of rotatable bonds is 6. The molecule has 1 N–H and O–H groups in total. The van der Waals surface area contributed by atoms with Gasteiger partial charge in [-0.3, -0.25) is 0 Å². The molecule has 0 aromatic carbocycles. The van der Waals surface area contributed by atoms with Gasteiger partial charge in [-0.2, -0.15) is 11.8 Å². The minimum absolute atomic E-state index is 0.355. The number of thioether (sulfide) groups is 1. The first kappa shape index (κ1) is 12.6. The summed E-state index contributed by atoms with van der Waals surface area (Å²) in [6.07, 6.45) is 3.85. The molecule has 1 unspecified atom stereocenters. The first-order valence-corrected chi connectivity index (χ1v) is 6.52. The van der Waals surface area contributed by atoms with Crippen LogP contribution in [0.1, 0.15) is 25.7 Å². The number of hydrogen-bond donors (Lipinski definition) is 1. The molecule has 0 bridgehead atoms. The molecule has 1 atom stereocenters. The van der Waals surface area contributed by atoms with E-state index in [0.29, 0.717) is 6.04 Å². The summed E-state index contributed by atoms with van der Waals surface area (Å²) in [5.74, 6) is 4.17. The molecule has 0 spiro atoms. The molecule has 0 aliphatic rings. The van der Waals surface area contributed by atoms with E-state index in [4.69, 9.17) is 0 Å². The second-order valence-electron chi connectivity index (χ2n) is 4.17. The number of nitrogens with zero attached hydrogens (tertiary/aromatic N) is 2. The van der Waals surface area contributed by atoms with Crippen LogP contribution in [-0.2, 0) is 7.05 Å². The van der Waals surface area contributed by atoms with Crippen molar-refractivity contribution in [2.24, 2.45) is 13.0 Å². The Hall–Kier alpha value is -0.480. The van der Waals surface area contributed by atoms with Gasteiger partial charge >= 0.3 is 0 Å². The number of nitrogens with one attached hydrogen (secondary N) is 1. The van der Waals surface area contributed by atoms with Crippen molar-refractivity contribution in [3.05, 3.63) is 18.2 Å². The summed E-state index contributed by atoms with van der Waals surface area (Å²) in [6.45, 7) is 4.50. The summed E-state index contributed by atoms with van der Waals surface area (Å²) >= 11 is 1.99. The van der Waals surface area contributed by atoms with Gasteiger partial charge in [0.05, 0.1) is 6.04 Å². The summed E-state index contributed by atoms with van der Waals surface area (Å²) in [4.78, 5) is 4.37. The van der Waals surface area contributed by atoms with Crippen LogP contribution in [0.4, 0.5) is 0 Å². The van der Waals surface area contributed by atoms with Crippen molar-refractivity contribution in [3.63, 3.8) is 0 Å². The third-order valence-corrected chi connectivity index (χ3v) is 3.73. The van der Waals surface area contributed by atoms with Crippen molar-refractivity contribution in [2.45, 2.75) is 19.9 Å². The van der Waals surface area contributed by atoms with E-state index in [1.165, 1.54) is 5.75 Å². The van der Waals surface area contributed by atoms with Gasteiger partial charge in [0.15, 0.2) is 0 Å². The Balaban J connectivity index is 2.46. The summed E-state index contributed by atoms with van der Waals surface area (Å²) in [6, 6.07) is 0.355. The van der Waals surface area contributed by atoms with Gasteiger partial charge in [0, 0.05) is 25.2 Å². The first-order valence-electron chi connectivity index (χ1n) is 5.37. The standard InChI is InChI=1S/C11H21N3S/c1-9(2)7-15-8-10(12-3)11-13-5-6-14(11)4/h5-6,9-10,12H,7-8H2,1-4H3. The van der Waals surface area contributed by atoms with Crippen LogP contribution in [0.15, 0.2) is 12.4 Å². The smallest absolute Gasteiger partial charge is 0.126 e. The molecule has 0 fully saturated rings. The van der Waals surface area contributed by atoms with E-state index in [0.717, 1.165) is 17.5 Å². The maximum atomic E-state index is 4.37. The SMILES string of the molecule is CNC(CSCC(C)C)c1nccn1C. The molecule has 3 nitrogen and oxygen atoms in total. The number of aromatic nitrogens is 2. The highest BCUT2D eigenvalue weighted by Gasteiger charge is 2.13. The van der Waals surface area contributed by atoms with Crippen LogP contribution in [0.25, 0.3) is 0 Å². The van der Waals surface area contributed by atoms with Gasteiger partial charge in [-0.25, -0.2) is 4.98 Å². The molecule has 4 heteroatoms. The van der Waals surface area contributed by atoms with Crippen LogP contribution < -0.4 is 5.32 Å². The Morgan fingerprint density at radius 3 is 2.67 bits per heavy atom. The Morgan fingerprint density at radius 1 is 1.47 bits per heavy atom. The quantitative estimate of drug-likeness (QED) is 0.807. The van der Waals surface area contributed by atoms with Crippen LogP contribution in [0.5, 0.6) is 0 Å². The molecule has 0 amide bonds. The first-order chi connectivity index (χ1) is 7.15. The molecule has 0 aliphatic heterocycles. The monoisotopic (exact) mass is 227 g/mol. The van der Waals surface area contributed by atoms with E-state index >= 15 is 0 Å². The fourth-order valence-electron chi connectivity index (χ4n) is 1.42. The average Bonchev–Trinajstić information content (AvgIpc) is 2.59. The molecule has 15 heavy (non-hydrogen) atoms. The van der Waals surface area contributed by atoms with Gasteiger partial charge in [0.2, 0.25) is 0 Å². The maximum absolute atomic E-state index is 4.37. The molecule has 0 saturated heterocycles. The van der Waals surface area contributed by atoms with Gasteiger partial charge < -0.3 is 9.88 Å². The average molecular weight is 227 g/mol. The van der Waals surface area contributed by atoms with E-state index in [2.05, 4.69) is 28.7 Å². The van der Waals surface area contributed by atoms with E-state index < -0.39 is 0 Å². The lowest BCUT2D eigenvalue weighted by Gasteiger charge is -2.16. The van der Waals surface area contributed by atoms with E-state index in [-0.39, 0.29) is 0 Å². The predicted octanol–water partition coefficient (Wildman–Crippen LogP) is 2.07. The Labute approximate surface area is 96.7 Å². The molecule has 0 radical (unpaired) electrons. The molecular formula is C11H21N3S. The summed E-state index contributed by atoms with van der Waals surface area (Å²) in [5.41, 5.74) is 0. The van der Waals surface area contributed by atoms with Gasteiger partial charge in [0.1, 0.15) is 5.82 Å². The van der Waals surface area contributed by atoms with Crippen LogP contribution in [0.2, 0.25) is 0 Å². The lowest BCUT2D eigenvalue weighted by Crippen LogP contribution is -2.22. The van der Waals surface area contributed by atoms with Crippen molar-refractivity contribution < 1.29 is 0 Å². The second-order valence-corrected chi connectivity index (χ2v) is 5.24. The maximum Gasteiger partial charge on any atom is 0.126 e. The van der Waals surface area contributed by atoms with E-state index in [9.17, 15) is 0 Å². The molecule has 0 saturated carbocycles. The highest BCUT2D eigenvalue weighted by Crippen LogP contribution is 2.17. The lowest BCUT2D eigenvalue weighted by atomic mass is 10.3. The highest BCUT2D eigenvalue weighted by molar-refractivity contribution is 7.99. The Morgan fingerprint density at radius 2 is 2.20 bits per heavy atom. The van der Waals surface area contributed by atoms with Crippen LogP contribution in [0, 0.1) is 5.92 Å². The zero-order chi connectivity index (χ0) is 11.3. The van der Waals surface area contributed by atoms with E-state index in [1.807, 2.05) is 38.3 Å². The Kier molecular flexibility index (Phi) is 5.19. The summed E-state index contributed by atoms with van der Waals surface area (Å²) in [7, 11) is 4.04. The van der Waals surface area contributed by atoms with Crippen LogP contribution in [-0.4, -0.2) is 28.1 Å². The molecular weight excluding hydrogens is 206 g/mol. The van der Waals surface area contributed by atoms with Crippen molar-refractivity contribution in [3.8, 4) is 0 Å². The van der Waals surface area contributed by atoms with Crippen molar-refractivity contribution in [2.75, 3.05) is 18.6 Å². The van der Waals surface area contributed by atoms with Gasteiger partial charge in [-0.15, -0.1) is 0 Å². The second kappa shape index (κ2) is 6.18. The molecule has 1 heterocycles. The molecule has 0 aliphatic carbocycles. The molecule has 86 valence electrons. The number of aryl methyl sites for hydroxylation is 1. The molecule has 1 rings (SSSR count). The number of hydrogen-bond acceptors (Lipinski definition) is 3. The normalized spacial score (nSPS) is 13.4. The number of imidazole rings is 1. The fourth-order valence-corrected chi connectivity index (χ4v) is 2.58. The van der Waals surface area contributed by atoms with E-state index in [1.54, 1.807) is 0 Å². The fraction of sp³-hybridized carbons (Fsp3) is 0.727. The zero-order valence-electron chi connectivity index (χ0n) is 10.0. The molecule has 1 aromatic heterocycles. The van der Waals surface area contributed by atoms with Crippen molar-refractivity contribution in [1.82, 2.24) is 14.9 Å². The summed E-state index contributed by atoms with van der Waals surface area (Å²) < 4.78 is 2.08. The largest absolute Gasteiger partial charge is 0.337 e. The minimum Gasteiger partial charge on any atom is -0.337 e. The van der Waals surface area contributed by atoms with Crippen LogP contribution in [0.3, 0.4) is 0 Å². The van der Waals surface area contributed by atoms with Gasteiger partial charge in [-0.05, 0) is 18.7 Å². The minimum atomic E-state index is 0.355. The van der Waals surface area contributed by atoms with Gasteiger partial charge in [-0.1, -0.05) is 13.8 Å². The topological polar surface area (TPSA) is 29.9 Å². The third kappa shape index (κ3) is 3.87. The van der Waals surface area contributed by atoms with Crippen LogP contribution >= 0.6 is 11.8 Å². The van der Waals surface area contributed by atoms with Crippen molar-refractivity contribution in [1.29, 1.82) is 0 Å². The molecule has 1 aromatic rings. The Bertz CT molecular complexity index is 283. The predicted molar refractivity (Wildman–Crippen MR) is 67.2 cm³/mol.